The number of hydrogen-bond acceptors (Lipinski definition) is 5. The van der Waals surface area contributed by atoms with E-state index < -0.39 is 5.97 Å². The lowest BCUT2D eigenvalue weighted by Gasteiger charge is -2.01. The van der Waals surface area contributed by atoms with Crippen LogP contribution in [0.25, 0.3) is 0 Å². The van der Waals surface area contributed by atoms with Crippen LogP contribution in [0.2, 0.25) is 0 Å². The Kier molecular flexibility index (Phi) is 5.42. The minimum absolute atomic E-state index is 0.233. The molecule has 0 unspecified atom stereocenters. The molecule has 2 N–H and O–H groups in total. The zero-order chi connectivity index (χ0) is 17.6. The standard InChI is InChI=1S/C17H14N4O2S2/c22-15(23)14-8-6-12(7-9-14)10-18-21-16(24)19-20-17(21)25-11-13-4-2-1-3-5-13/h1-10H,11H2,(H,19,24)(H,22,23)/b18-10-. The second-order valence-corrected chi connectivity index (χ2v) is 6.40. The van der Waals surface area contributed by atoms with Crippen molar-refractivity contribution in [1.29, 1.82) is 0 Å². The molecule has 6 nitrogen and oxygen atoms in total. The number of nitrogens with one attached hydrogen (secondary N) is 1. The van der Waals surface area contributed by atoms with Gasteiger partial charge >= 0.3 is 5.97 Å². The van der Waals surface area contributed by atoms with E-state index in [1.54, 1.807) is 23.0 Å². The SMILES string of the molecule is O=C(O)c1ccc(/C=N\n2c(SCc3ccccc3)n[nH]c2=S)cc1. The van der Waals surface area contributed by atoms with Crippen molar-refractivity contribution in [3.8, 4) is 0 Å². The lowest BCUT2D eigenvalue weighted by atomic mass is 10.1. The fourth-order valence-corrected chi connectivity index (χ4v) is 3.13. The number of carboxylic acid groups (broad SMARTS) is 1. The van der Waals surface area contributed by atoms with Crippen molar-refractivity contribution in [2.75, 3.05) is 0 Å². The Labute approximate surface area is 153 Å². The second kappa shape index (κ2) is 7.91. The lowest BCUT2D eigenvalue weighted by molar-refractivity contribution is 0.0697. The van der Waals surface area contributed by atoms with Crippen molar-refractivity contribution in [3.05, 3.63) is 76.1 Å². The van der Waals surface area contributed by atoms with E-state index >= 15 is 0 Å². The van der Waals surface area contributed by atoms with Crippen LogP contribution in [0.15, 0.2) is 64.9 Å². The van der Waals surface area contributed by atoms with Gasteiger partial charge in [0.1, 0.15) is 0 Å². The first-order chi connectivity index (χ1) is 12.1. The number of H-pyrrole nitrogens is 1. The molecule has 0 aliphatic heterocycles. The molecule has 1 aromatic heterocycles. The first kappa shape index (κ1) is 17.1. The molecule has 0 atom stereocenters. The van der Waals surface area contributed by atoms with Crippen LogP contribution in [0, 0.1) is 4.77 Å². The van der Waals surface area contributed by atoms with Gasteiger partial charge in [-0.05, 0) is 35.5 Å². The predicted octanol–water partition coefficient (Wildman–Crippen LogP) is 3.81. The van der Waals surface area contributed by atoms with Crippen LogP contribution in [-0.4, -0.2) is 32.2 Å². The van der Waals surface area contributed by atoms with Gasteiger partial charge in [0.15, 0.2) is 0 Å². The molecule has 1 heterocycles. The van der Waals surface area contributed by atoms with Gasteiger partial charge < -0.3 is 5.11 Å². The van der Waals surface area contributed by atoms with Crippen molar-refractivity contribution in [2.24, 2.45) is 5.10 Å². The molecule has 0 fully saturated rings. The molecule has 0 amide bonds. The molecule has 25 heavy (non-hydrogen) atoms. The number of benzene rings is 2. The van der Waals surface area contributed by atoms with Gasteiger partial charge in [-0.2, -0.15) is 9.78 Å². The summed E-state index contributed by atoms with van der Waals surface area (Å²) in [6.45, 7) is 0. The summed E-state index contributed by atoms with van der Waals surface area (Å²) in [5.74, 6) is -0.205. The number of aromatic nitrogens is 3. The van der Waals surface area contributed by atoms with Crippen LogP contribution in [0.4, 0.5) is 0 Å². The number of aromatic carboxylic acids is 1. The van der Waals surface area contributed by atoms with Gasteiger partial charge in [-0.25, -0.2) is 9.89 Å². The summed E-state index contributed by atoms with van der Waals surface area (Å²) in [5.41, 5.74) is 2.18. The summed E-state index contributed by atoms with van der Waals surface area (Å²) in [7, 11) is 0. The molecular formula is C17H14N4O2S2. The molecule has 0 saturated carbocycles. The highest BCUT2D eigenvalue weighted by atomic mass is 32.2. The minimum atomic E-state index is -0.958. The number of carbonyl (C=O) groups is 1. The predicted molar refractivity (Wildman–Crippen MR) is 99.8 cm³/mol. The van der Waals surface area contributed by atoms with Gasteiger partial charge in [0, 0.05) is 5.75 Å². The molecular weight excluding hydrogens is 356 g/mol. The van der Waals surface area contributed by atoms with Crippen molar-refractivity contribution < 1.29 is 9.90 Å². The molecule has 8 heteroatoms. The Balaban J connectivity index is 1.75. The summed E-state index contributed by atoms with van der Waals surface area (Å²) in [5, 5.41) is 20.9. The molecule has 0 aliphatic rings. The Morgan fingerprint density at radius 3 is 2.64 bits per heavy atom. The number of carboxylic acids is 1. The monoisotopic (exact) mass is 370 g/mol. The van der Waals surface area contributed by atoms with E-state index in [1.807, 2.05) is 30.3 Å². The van der Waals surface area contributed by atoms with Gasteiger partial charge in [-0.15, -0.1) is 5.10 Å². The molecule has 126 valence electrons. The maximum Gasteiger partial charge on any atom is 0.335 e. The van der Waals surface area contributed by atoms with Crippen molar-refractivity contribution in [1.82, 2.24) is 14.9 Å². The Hall–Kier alpha value is -2.71. The van der Waals surface area contributed by atoms with Crippen LogP contribution >= 0.6 is 24.0 Å². The second-order valence-electron chi connectivity index (χ2n) is 5.07. The number of thioether (sulfide) groups is 1. The topological polar surface area (TPSA) is 83.3 Å². The molecule has 0 saturated heterocycles. The zero-order valence-electron chi connectivity index (χ0n) is 13.0. The third-order valence-electron chi connectivity index (χ3n) is 3.31. The summed E-state index contributed by atoms with van der Waals surface area (Å²) < 4.78 is 1.95. The van der Waals surface area contributed by atoms with E-state index in [-0.39, 0.29) is 5.56 Å². The fourth-order valence-electron chi connectivity index (χ4n) is 2.03. The summed E-state index contributed by atoms with van der Waals surface area (Å²) in [6.07, 6.45) is 1.61. The maximum atomic E-state index is 10.9. The van der Waals surface area contributed by atoms with Gasteiger partial charge in [-0.1, -0.05) is 54.2 Å². The highest BCUT2D eigenvalue weighted by Gasteiger charge is 2.06. The van der Waals surface area contributed by atoms with Crippen molar-refractivity contribution in [2.45, 2.75) is 10.9 Å². The minimum Gasteiger partial charge on any atom is -0.478 e. The third kappa shape index (κ3) is 4.43. The number of rotatable bonds is 6. The van der Waals surface area contributed by atoms with Crippen molar-refractivity contribution in [3.63, 3.8) is 0 Å². The van der Waals surface area contributed by atoms with E-state index in [0.29, 0.717) is 9.93 Å². The average molecular weight is 370 g/mol. The van der Waals surface area contributed by atoms with E-state index in [1.165, 1.54) is 29.5 Å². The Bertz CT molecular complexity index is 947. The van der Waals surface area contributed by atoms with Gasteiger partial charge in [0.05, 0.1) is 11.8 Å². The molecule has 3 aromatic rings. The highest BCUT2D eigenvalue weighted by molar-refractivity contribution is 7.98. The van der Waals surface area contributed by atoms with Crippen LogP contribution in [0.3, 0.4) is 0 Å². The van der Waals surface area contributed by atoms with E-state index in [4.69, 9.17) is 17.3 Å². The van der Waals surface area contributed by atoms with Gasteiger partial charge in [0.2, 0.25) is 9.93 Å². The van der Waals surface area contributed by atoms with E-state index in [0.717, 1.165) is 11.3 Å². The van der Waals surface area contributed by atoms with Gasteiger partial charge in [0.25, 0.3) is 0 Å². The number of nitrogens with zero attached hydrogens (tertiary/aromatic N) is 3. The van der Waals surface area contributed by atoms with Crippen LogP contribution in [0.5, 0.6) is 0 Å². The normalized spacial score (nSPS) is 11.0. The summed E-state index contributed by atoms with van der Waals surface area (Å²) >= 11 is 6.74. The first-order valence-corrected chi connectivity index (χ1v) is 8.75. The number of aromatic amines is 1. The fraction of sp³-hybridized carbons (Fsp3) is 0.0588. The largest absolute Gasteiger partial charge is 0.478 e. The molecule has 0 spiro atoms. The molecule has 2 aromatic carbocycles. The zero-order valence-corrected chi connectivity index (χ0v) is 14.6. The maximum absolute atomic E-state index is 10.9. The first-order valence-electron chi connectivity index (χ1n) is 7.35. The van der Waals surface area contributed by atoms with E-state index in [9.17, 15) is 4.79 Å². The highest BCUT2D eigenvalue weighted by Crippen LogP contribution is 2.20. The van der Waals surface area contributed by atoms with Crippen LogP contribution in [-0.2, 0) is 5.75 Å². The smallest absolute Gasteiger partial charge is 0.335 e. The average Bonchev–Trinajstić information content (AvgIpc) is 2.99. The molecule has 0 bridgehead atoms. The Morgan fingerprint density at radius 2 is 1.96 bits per heavy atom. The van der Waals surface area contributed by atoms with Crippen LogP contribution in [0.1, 0.15) is 21.5 Å². The molecule has 0 aliphatic carbocycles. The molecule has 0 radical (unpaired) electrons. The quantitative estimate of drug-likeness (QED) is 0.392. The van der Waals surface area contributed by atoms with E-state index in [2.05, 4.69) is 15.3 Å². The summed E-state index contributed by atoms with van der Waals surface area (Å²) in [4.78, 5) is 10.9. The third-order valence-corrected chi connectivity index (χ3v) is 4.58. The summed E-state index contributed by atoms with van der Waals surface area (Å²) in [6, 6.07) is 16.5. The lowest BCUT2D eigenvalue weighted by Crippen LogP contribution is -1.97. The Morgan fingerprint density at radius 1 is 1.24 bits per heavy atom. The van der Waals surface area contributed by atoms with Crippen molar-refractivity contribution >= 4 is 36.2 Å². The van der Waals surface area contributed by atoms with Crippen LogP contribution < -0.4 is 0 Å². The van der Waals surface area contributed by atoms with Gasteiger partial charge in [-0.3, -0.25) is 0 Å². The molecule has 3 rings (SSSR count). The number of hydrogen-bond donors (Lipinski definition) is 2.